The molecule has 4 N–H and O–H groups in total. The number of aliphatic hydroxyl groups excluding tert-OH is 1. The van der Waals surface area contributed by atoms with E-state index >= 15 is 0 Å². The molecule has 2 amide bonds. The average Bonchev–Trinajstić information content (AvgIpc) is 3.00. The van der Waals surface area contributed by atoms with Crippen LogP contribution in [0.5, 0.6) is 17.2 Å². The van der Waals surface area contributed by atoms with E-state index in [2.05, 4.69) is 43.8 Å². The molecule has 4 rings (SSSR count). The van der Waals surface area contributed by atoms with Gasteiger partial charge in [0, 0.05) is 10.7 Å². The van der Waals surface area contributed by atoms with Crippen LogP contribution in [0.2, 0.25) is 5.02 Å². The molecule has 2 atom stereocenters. The maximum Gasteiger partial charge on any atom is 0.337 e. The number of benzene rings is 3. The van der Waals surface area contributed by atoms with E-state index in [-0.39, 0.29) is 12.2 Å². The van der Waals surface area contributed by atoms with E-state index in [4.69, 9.17) is 30.5 Å². The number of urea groups is 1. The van der Waals surface area contributed by atoms with E-state index in [1.165, 1.54) is 7.11 Å². The topological polar surface area (TPSA) is 140 Å². The highest BCUT2D eigenvalue weighted by atomic mass is 127. The van der Waals surface area contributed by atoms with Crippen molar-refractivity contribution in [2.24, 2.45) is 5.10 Å². The van der Waals surface area contributed by atoms with Gasteiger partial charge in [0.1, 0.15) is 19.0 Å². The number of hydrogen-bond donors (Lipinski definition) is 4. The van der Waals surface area contributed by atoms with Gasteiger partial charge >= 0.3 is 12.0 Å². The van der Waals surface area contributed by atoms with Crippen molar-refractivity contribution in [3.63, 3.8) is 0 Å². The van der Waals surface area contributed by atoms with Gasteiger partial charge in [0.15, 0.2) is 17.7 Å². The van der Waals surface area contributed by atoms with Gasteiger partial charge in [0.05, 0.1) is 35.1 Å². The molecular formula is C31H32ClIN4O7. The van der Waals surface area contributed by atoms with E-state index in [0.717, 1.165) is 20.4 Å². The minimum atomic E-state index is -1.12. The van der Waals surface area contributed by atoms with E-state index in [1.807, 2.05) is 49.4 Å². The number of carbonyl (C=O) groups excluding carboxylic acids is 2. The van der Waals surface area contributed by atoms with Crippen molar-refractivity contribution in [2.75, 3.05) is 20.3 Å². The predicted molar refractivity (Wildman–Crippen MR) is 174 cm³/mol. The number of nitrogens with zero attached hydrogens (tertiary/aromatic N) is 1. The number of methoxy groups -OCH3 is 1. The second-order valence-corrected chi connectivity index (χ2v) is 11.1. The summed E-state index contributed by atoms with van der Waals surface area (Å²) in [7, 11) is 1.28. The van der Waals surface area contributed by atoms with Gasteiger partial charge in [-0.2, -0.15) is 5.10 Å². The first-order valence-corrected chi connectivity index (χ1v) is 15.0. The Balaban J connectivity index is 1.34. The molecule has 0 bridgehead atoms. The number of aliphatic hydroxyl groups is 1. The maximum atomic E-state index is 12.4. The second-order valence-electron chi connectivity index (χ2n) is 9.52. The first-order chi connectivity index (χ1) is 21.2. The molecule has 13 heteroatoms. The highest BCUT2D eigenvalue weighted by molar-refractivity contribution is 14.1. The lowest BCUT2D eigenvalue weighted by molar-refractivity contribution is -0.136. The Labute approximate surface area is 273 Å². The molecular weight excluding hydrogens is 703 g/mol. The summed E-state index contributed by atoms with van der Waals surface area (Å²) < 4.78 is 23.3. The number of carbonyl (C=O) groups is 2. The van der Waals surface area contributed by atoms with Gasteiger partial charge in [-0.15, -0.1) is 0 Å². The van der Waals surface area contributed by atoms with Crippen LogP contribution in [-0.4, -0.2) is 49.9 Å². The molecule has 0 fully saturated rings. The molecule has 1 aliphatic heterocycles. The lowest BCUT2D eigenvalue weighted by atomic mass is 9.95. The minimum Gasteiger partial charge on any atom is -0.490 e. The molecule has 3 aromatic carbocycles. The highest BCUT2D eigenvalue weighted by Crippen LogP contribution is 2.35. The van der Waals surface area contributed by atoms with Gasteiger partial charge < -0.3 is 34.7 Å². The Morgan fingerprint density at radius 3 is 2.55 bits per heavy atom. The fourth-order valence-electron chi connectivity index (χ4n) is 4.28. The first kappa shape index (κ1) is 32.9. The van der Waals surface area contributed by atoms with Crippen molar-refractivity contribution in [3.8, 4) is 17.2 Å². The third-order valence-electron chi connectivity index (χ3n) is 6.37. The van der Waals surface area contributed by atoms with Gasteiger partial charge in [0.25, 0.3) is 0 Å². The molecule has 0 radical (unpaired) electrons. The van der Waals surface area contributed by atoms with Crippen LogP contribution in [0.25, 0.3) is 0 Å². The molecule has 232 valence electrons. The van der Waals surface area contributed by atoms with Crippen molar-refractivity contribution in [1.82, 2.24) is 16.1 Å². The monoisotopic (exact) mass is 734 g/mol. The summed E-state index contributed by atoms with van der Waals surface area (Å²) >= 11 is 8.13. The molecule has 11 nitrogen and oxygen atoms in total. The molecule has 1 heterocycles. The van der Waals surface area contributed by atoms with Crippen molar-refractivity contribution < 1.29 is 33.6 Å². The number of hydrogen-bond acceptors (Lipinski definition) is 9. The maximum absolute atomic E-state index is 12.4. The Morgan fingerprint density at radius 2 is 1.84 bits per heavy atom. The van der Waals surface area contributed by atoms with Crippen LogP contribution in [0.15, 0.2) is 77.0 Å². The fourth-order valence-corrected chi connectivity index (χ4v) is 5.10. The van der Waals surface area contributed by atoms with Crippen LogP contribution in [0, 0.1) is 3.57 Å². The Bertz CT molecular complexity index is 1550. The molecule has 0 unspecified atom stereocenters. The molecule has 0 spiro atoms. The molecule has 0 aromatic heterocycles. The van der Waals surface area contributed by atoms with E-state index in [9.17, 15) is 14.7 Å². The number of nitrogens with one attached hydrogen (secondary N) is 3. The van der Waals surface area contributed by atoms with Crippen LogP contribution < -0.4 is 30.3 Å². The van der Waals surface area contributed by atoms with Gasteiger partial charge in [-0.3, -0.25) is 5.43 Å². The number of halogens is 2. The SMILES string of the molecule is CCOc1cc([C@@H]2NC(=O)NC(C)=C2C(=O)OC)ccc1OC[C@H](O)N/N=C\c1ccc(OCc2ccc(Cl)cc2)c(I)c1. The van der Waals surface area contributed by atoms with Gasteiger partial charge in [-0.25, -0.2) is 9.59 Å². The van der Waals surface area contributed by atoms with Crippen LogP contribution in [0.1, 0.15) is 36.6 Å². The molecule has 3 aromatic rings. The van der Waals surface area contributed by atoms with E-state index in [1.54, 1.807) is 31.3 Å². The van der Waals surface area contributed by atoms with Gasteiger partial charge in [0.2, 0.25) is 0 Å². The molecule has 0 aliphatic carbocycles. The molecule has 1 aliphatic rings. The number of amides is 2. The lowest BCUT2D eigenvalue weighted by Crippen LogP contribution is -2.45. The summed E-state index contributed by atoms with van der Waals surface area (Å²) in [6, 6.07) is 16.9. The second kappa shape index (κ2) is 15.6. The standard InChI is InChI=1S/C31H32ClIN4O7/c1-4-42-26-14-21(29-28(30(39)41-3)18(2)35-31(40)36-29)8-12-25(26)44-17-27(38)37-34-15-20-7-11-24(23(33)13-20)43-16-19-5-9-22(32)10-6-19/h5-15,27,29,37-38H,4,16-17H2,1-3H3,(H2,35,36,40)/b34-15-/t27-,29-/m0/s1. The average molecular weight is 735 g/mol. The summed E-state index contributed by atoms with van der Waals surface area (Å²) in [5, 5.41) is 20.5. The molecule has 0 saturated carbocycles. The van der Waals surface area contributed by atoms with E-state index < -0.39 is 24.3 Å². The van der Waals surface area contributed by atoms with Crippen molar-refractivity contribution in [2.45, 2.75) is 32.7 Å². The van der Waals surface area contributed by atoms with Crippen LogP contribution >= 0.6 is 34.2 Å². The normalized spacial score (nSPS) is 15.3. The Kier molecular flexibility index (Phi) is 11.7. The largest absolute Gasteiger partial charge is 0.490 e. The third-order valence-corrected chi connectivity index (χ3v) is 7.47. The zero-order valence-corrected chi connectivity index (χ0v) is 27.1. The summed E-state index contributed by atoms with van der Waals surface area (Å²) in [6.45, 7) is 4.07. The highest BCUT2D eigenvalue weighted by Gasteiger charge is 2.32. The fraction of sp³-hybridized carbons (Fsp3) is 0.258. The summed E-state index contributed by atoms with van der Waals surface area (Å²) in [5.74, 6) is 0.916. The van der Waals surface area contributed by atoms with Crippen LogP contribution in [0.4, 0.5) is 4.79 Å². The quantitative estimate of drug-likeness (QED) is 0.0630. The van der Waals surface area contributed by atoms with Crippen LogP contribution in [0.3, 0.4) is 0 Å². The van der Waals surface area contributed by atoms with Crippen molar-refractivity contribution >= 4 is 52.4 Å². The predicted octanol–water partition coefficient (Wildman–Crippen LogP) is 5.04. The molecule has 0 saturated heterocycles. The number of rotatable bonds is 13. The Hall–Kier alpha value is -4.01. The number of ether oxygens (including phenoxy) is 4. The summed E-state index contributed by atoms with van der Waals surface area (Å²) in [4.78, 5) is 24.6. The van der Waals surface area contributed by atoms with E-state index in [0.29, 0.717) is 41.0 Å². The van der Waals surface area contributed by atoms with Gasteiger partial charge in [-0.1, -0.05) is 29.8 Å². The Morgan fingerprint density at radius 1 is 1.09 bits per heavy atom. The number of allylic oxidation sites excluding steroid dienone is 1. The number of hydrazone groups is 1. The third kappa shape index (κ3) is 8.77. The van der Waals surface area contributed by atoms with Gasteiger partial charge in [-0.05, 0) is 95.6 Å². The minimum absolute atomic E-state index is 0.137. The van der Waals surface area contributed by atoms with Crippen molar-refractivity contribution in [1.29, 1.82) is 0 Å². The molecule has 44 heavy (non-hydrogen) atoms. The smallest absolute Gasteiger partial charge is 0.337 e. The first-order valence-electron chi connectivity index (χ1n) is 13.6. The number of esters is 1. The zero-order valence-electron chi connectivity index (χ0n) is 24.2. The lowest BCUT2D eigenvalue weighted by Gasteiger charge is -2.28. The summed E-state index contributed by atoms with van der Waals surface area (Å²) in [6.07, 6.45) is 0.456. The van der Waals surface area contributed by atoms with Crippen molar-refractivity contribution in [3.05, 3.63) is 97.2 Å². The summed E-state index contributed by atoms with van der Waals surface area (Å²) in [5.41, 5.74) is 5.72. The van der Waals surface area contributed by atoms with Crippen LogP contribution in [-0.2, 0) is 16.1 Å². The zero-order chi connectivity index (χ0) is 31.6.